The van der Waals surface area contributed by atoms with Crippen LogP contribution in [-0.2, 0) is 14.4 Å². The van der Waals surface area contributed by atoms with Gasteiger partial charge in [0.05, 0.1) is 0 Å². The van der Waals surface area contributed by atoms with Gasteiger partial charge in [0.2, 0.25) is 17.7 Å². The lowest BCUT2D eigenvalue weighted by Gasteiger charge is -2.21. The lowest BCUT2D eigenvalue weighted by atomic mass is 9.95. The van der Waals surface area contributed by atoms with Crippen LogP contribution in [0.1, 0.15) is 155 Å². The summed E-state index contributed by atoms with van der Waals surface area (Å²) in [7, 11) is 0. The van der Waals surface area contributed by atoms with Crippen LogP contribution in [0.25, 0.3) is 0 Å². The average molecular weight is 539 g/mol. The van der Waals surface area contributed by atoms with Crippen molar-refractivity contribution in [2.45, 2.75) is 161 Å². The van der Waals surface area contributed by atoms with E-state index in [0.29, 0.717) is 25.9 Å². The van der Waals surface area contributed by atoms with Crippen molar-refractivity contribution in [3.63, 3.8) is 0 Å². The zero-order valence-electron chi connectivity index (χ0n) is 25.0. The van der Waals surface area contributed by atoms with Gasteiger partial charge in [-0.15, -0.1) is 0 Å². The first-order chi connectivity index (χ1) is 18.5. The predicted octanol–water partition coefficient (Wildman–Crippen LogP) is 6.27. The minimum atomic E-state index is -0.627. The summed E-state index contributed by atoms with van der Waals surface area (Å²) in [5.74, 6) is -0.567. The summed E-state index contributed by atoms with van der Waals surface area (Å²) in [5, 5.41) is 5.88. The highest BCUT2D eigenvalue weighted by Gasteiger charge is 2.23. The summed E-state index contributed by atoms with van der Waals surface area (Å²) in [4.78, 5) is 36.6. The molecule has 0 aliphatic heterocycles. The summed E-state index contributed by atoms with van der Waals surface area (Å²) in [6, 6.07) is -0.627. The van der Waals surface area contributed by atoms with Crippen LogP contribution >= 0.6 is 0 Å². The summed E-state index contributed by atoms with van der Waals surface area (Å²) in [6.07, 6.45) is 23.9. The quantitative estimate of drug-likeness (QED) is 0.0875. The van der Waals surface area contributed by atoms with Gasteiger partial charge in [0.25, 0.3) is 0 Å². The first-order valence-electron chi connectivity index (χ1n) is 16.0. The molecule has 38 heavy (non-hydrogen) atoms. The van der Waals surface area contributed by atoms with E-state index in [1.54, 1.807) is 0 Å². The molecule has 0 radical (unpaired) electrons. The van der Waals surface area contributed by atoms with E-state index in [0.717, 1.165) is 57.8 Å². The molecule has 0 heterocycles. The molecule has 0 aromatic carbocycles. The average Bonchev–Trinajstić information content (AvgIpc) is 2.89. The highest BCUT2D eigenvalue weighted by Crippen LogP contribution is 2.16. The van der Waals surface area contributed by atoms with Crippen molar-refractivity contribution < 1.29 is 14.4 Å². The first-order valence-corrected chi connectivity index (χ1v) is 16.0. The zero-order valence-corrected chi connectivity index (χ0v) is 25.0. The minimum Gasteiger partial charge on any atom is -0.368 e. The fourth-order valence-corrected chi connectivity index (χ4v) is 4.96. The number of carbonyl (C=O) groups is 3. The second-order valence-corrected chi connectivity index (χ2v) is 11.1. The second-order valence-electron chi connectivity index (χ2n) is 11.1. The van der Waals surface area contributed by atoms with Crippen molar-refractivity contribution in [2.75, 3.05) is 13.1 Å². The van der Waals surface area contributed by atoms with Crippen LogP contribution in [0.4, 0.5) is 0 Å². The van der Waals surface area contributed by atoms with Crippen LogP contribution in [0, 0.1) is 5.92 Å². The SMILES string of the molecule is CCCCCCCCCCCCCCCC(=O)NCCCC[C@H](CCC)C(=O)N[C@@H](CCCCN)C(N)=O. The van der Waals surface area contributed by atoms with Gasteiger partial charge in [-0.25, -0.2) is 0 Å². The molecule has 7 heteroatoms. The standard InChI is InChI=1S/C31H62N4O3/c1-3-5-6-7-8-9-10-11-12-13-14-15-16-24-29(36)34-26-20-18-22-27(21-4-2)31(38)35-28(30(33)37)23-17-19-25-32/h27-28H,3-26,32H2,1-2H3,(H2,33,37)(H,34,36)(H,35,38)/t27-,28-/m0/s1. The zero-order chi connectivity index (χ0) is 28.3. The lowest BCUT2D eigenvalue weighted by molar-refractivity contribution is -0.130. The fraction of sp³-hybridized carbons (Fsp3) is 0.903. The molecule has 0 bridgehead atoms. The number of hydrogen-bond acceptors (Lipinski definition) is 4. The molecule has 0 fully saturated rings. The number of amides is 3. The molecule has 2 atom stereocenters. The van der Waals surface area contributed by atoms with E-state index in [-0.39, 0.29) is 17.7 Å². The van der Waals surface area contributed by atoms with Gasteiger partial charge < -0.3 is 22.1 Å². The highest BCUT2D eigenvalue weighted by atomic mass is 16.2. The summed E-state index contributed by atoms with van der Waals surface area (Å²) >= 11 is 0. The number of unbranched alkanes of at least 4 members (excludes halogenated alkanes) is 14. The Hall–Kier alpha value is -1.63. The Kier molecular flexibility index (Phi) is 25.8. The maximum absolute atomic E-state index is 12.7. The van der Waals surface area contributed by atoms with Gasteiger partial charge in [0, 0.05) is 18.9 Å². The second kappa shape index (κ2) is 27.0. The molecule has 0 aromatic heterocycles. The molecule has 0 saturated heterocycles. The van der Waals surface area contributed by atoms with E-state index in [1.165, 1.54) is 70.6 Å². The first kappa shape index (κ1) is 36.4. The maximum atomic E-state index is 12.7. The number of nitrogens with two attached hydrogens (primary N) is 2. The van der Waals surface area contributed by atoms with Crippen molar-refractivity contribution in [1.82, 2.24) is 10.6 Å². The van der Waals surface area contributed by atoms with E-state index in [4.69, 9.17) is 11.5 Å². The molecule has 7 nitrogen and oxygen atoms in total. The number of nitrogens with one attached hydrogen (secondary N) is 2. The topological polar surface area (TPSA) is 127 Å². The molecule has 0 saturated carbocycles. The van der Waals surface area contributed by atoms with Crippen LogP contribution in [0.5, 0.6) is 0 Å². The Balaban J connectivity index is 3.83. The van der Waals surface area contributed by atoms with Gasteiger partial charge in [0.15, 0.2) is 0 Å². The molecule has 0 aromatic rings. The summed E-state index contributed by atoms with van der Waals surface area (Å²) in [6.45, 7) is 5.54. The Morgan fingerprint density at radius 2 is 1.18 bits per heavy atom. The Labute approximate surface area is 234 Å². The molecule has 0 spiro atoms. The van der Waals surface area contributed by atoms with Crippen LogP contribution in [0.2, 0.25) is 0 Å². The predicted molar refractivity (Wildman–Crippen MR) is 160 cm³/mol. The Morgan fingerprint density at radius 1 is 0.632 bits per heavy atom. The monoisotopic (exact) mass is 538 g/mol. The molecule has 0 aliphatic rings. The van der Waals surface area contributed by atoms with Crippen LogP contribution in [0.15, 0.2) is 0 Å². The largest absolute Gasteiger partial charge is 0.368 e. The molecule has 0 rings (SSSR count). The van der Waals surface area contributed by atoms with Crippen LogP contribution in [-0.4, -0.2) is 36.9 Å². The van der Waals surface area contributed by atoms with E-state index in [1.807, 2.05) is 0 Å². The summed E-state index contributed by atoms with van der Waals surface area (Å²) < 4.78 is 0. The van der Waals surface area contributed by atoms with Gasteiger partial charge in [-0.3, -0.25) is 14.4 Å². The summed E-state index contributed by atoms with van der Waals surface area (Å²) in [5.41, 5.74) is 11.0. The van der Waals surface area contributed by atoms with Crippen molar-refractivity contribution in [1.29, 1.82) is 0 Å². The molecular weight excluding hydrogens is 476 g/mol. The highest BCUT2D eigenvalue weighted by molar-refractivity contribution is 5.87. The van der Waals surface area contributed by atoms with Crippen molar-refractivity contribution >= 4 is 17.7 Å². The lowest BCUT2D eigenvalue weighted by Crippen LogP contribution is -2.46. The molecule has 224 valence electrons. The van der Waals surface area contributed by atoms with Gasteiger partial charge in [-0.2, -0.15) is 0 Å². The number of primary amides is 1. The molecule has 0 aliphatic carbocycles. The van der Waals surface area contributed by atoms with Crippen LogP contribution < -0.4 is 22.1 Å². The molecule has 3 amide bonds. The number of hydrogen-bond donors (Lipinski definition) is 4. The molecule has 6 N–H and O–H groups in total. The minimum absolute atomic E-state index is 0.0881. The van der Waals surface area contributed by atoms with Crippen LogP contribution in [0.3, 0.4) is 0 Å². The van der Waals surface area contributed by atoms with Crippen molar-refractivity contribution in [3.8, 4) is 0 Å². The van der Waals surface area contributed by atoms with Gasteiger partial charge in [-0.05, 0) is 51.5 Å². The van der Waals surface area contributed by atoms with E-state index in [9.17, 15) is 14.4 Å². The third kappa shape index (κ3) is 22.4. The fourth-order valence-electron chi connectivity index (χ4n) is 4.96. The molecule has 0 unspecified atom stereocenters. The van der Waals surface area contributed by atoms with Gasteiger partial charge >= 0.3 is 0 Å². The normalized spacial score (nSPS) is 12.7. The number of rotatable bonds is 28. The molecular formula is C31H62N4O3. The van der Waals surface area contributed by atoms with Crippen molar-refractivity contribution in [2.24, 2.45) is 17.4 Å². The van der Waals surface area contributed by atoms with E-state index < -0.39 is 11.9 Å². The van der Waals surface area contributed by atoms with Crippen molar-refractivity contribution in [3.05, 3.63) is 0 Å². The third-order valence-corrected chi connectivity index (χ3v) is 7.42. The third-order valence-electron chi connectivity index (χ3n) is 7.42. The van der Waals surface area contributed by atoms with Gasteiger partial charge in [-0.1, -0.05) is 104 Å². The van der Waals surface area contributed by atoms with E-state index >= 15 is 0 Å². The Morgan fingerprint density at radius 3 is 1.71 bits per heavy atom. The smallest absolute Gasteiger partial charge is 0.239 e. The van der Waals surface area contributed by atoms with Gasteiger partial charge in [0.1, 0.15) is 6.04 Å². The number of carbonyl (C=O) groups excluding carboxylic acids is 3. The van der Waals surface area contributed by atoms with E-state index in [2.05, 4.69) is 24.5 Å². The maximum Gasteiger partial charge on any atom is 0.239 e. The Bertz CT molecular complexity index is 585.